The predicted molar refractivity (Wildman–Crippen MR) is 67.2 cm³/mol. The fourth-order valence-corrected chi connectivity index (χ4v) is 1.32. The van der Waals surface area contributed by atoms with Gasteiger partial charge in [-0.1, -0.05) is 12.2 Å². The van der Waals surface area contributed by atoms with Crippen molar-refractivity contribution in [2.45, 2.75) is 30.7 Å². The first-order chi connectivity index (χ1) is 8.99. The Kier molecular flexibility index (Phi) is 9.62. The van der Waals surface area contributed by atoms with Crippen molar-refractivity contribution in [3.05, 3.63) is 25.3 Å². The van der Waals surface area contributed by atoms with E-state index in [2.05, 4.69) is 17.9 Å². The van der Waals surface area contributed by atoms with Gasteiger partial charge in [0.05, 0.1) is 19.8 Å². The van der Waals surface area contributed by atoms with Gasteiger partial charge in [-0.2, -0.15) is 0 Å². The summed E-state index contributed by atoms with van der Waals surface area (Å²) in [7, 11) is 0. The van der Waals surface area contributed by atoms with Crippen LogP contribution < -0.4 is 0 Å². The molecule has 0 aromatic rings. The molecular formula is C12H22O7. The highest BCUT2D eigenvalue weighted by molar-refractivity contribution is 4.87. The SMILES string of the molecule is C=CCOCC=C.OC[C@H]1OC(O)[C@H](O)[C@@H](O)[C@@H]1O. The Hall–Kier alpha value is -0.800. The standard InChI is InChI=1S/C6H12O6.C6H10O/c7-1-2-3(8)4(9)5(10)6(11)12-2;1-3-5-7-6-4-2/h2-11H,1H2;3-4H,1-2,5-6H2/t2-,3-,4+,5-,6?;/m1./s1. The van der Waals surface area contributed by atoms with Crippen LogP contribution in [0.2, 0.25) is 0 Å². The highest BCUT2D eigenvalue weighted by Crippen LogP contribution is 2.18. The van der Waals surface area contributed by atoms with Gasteiger partial charge in [-0.25, -0.2) is 0 Å². The Morgan fingerprint density at radius 2 is 1.47 bits per heavy atom. The minimum atomic E-state index is -1.57. The number of hydrogen-bond acceptors (Lipinski definition) is 7. The zero-order chi connectivity index (χ0) is 14.8. The summed E-state index contributed by atoms with van der Waals surface area (Å²) in [6.07, 6.45) is -3.62. The second-order valence-corrected chi connectivity index (χ2v) is 3.83. The molecule has 0 aromatic carbocycles. The molecule has 1 unspecified atom stereocenters. The monoisotopic (exact) mass is 278 g/mol. The summed E-state index contributed by atoms with van der Waals surface area (Å²) in [5, 5.41) is 44.7. The zero-order valence-corrected chi connectivity index (χ0v) is 10.6. The van der Waals surface area contributed by atoms with E-state index in [1.165, 1.54) is 0 Å². The number of aliphatic hydroxyl groups is 5. The van der Waals surface area contributed by atoms with Crippen molar-refractivity contribution in [3.8, 4) is 0 Å². The van der Waals surface area contributed by atoms with Crippen molar-refractivity contribution in [3.63, 3.8) is 0 Å². The Balaban J connectivity index is 0.000000399. The third kappa shape index (κ3) is 6.26. The van der Waals surface area contributed by atoms with Gasteiger partial charge in [-0.3, -0.25) is 0 Å². The maximum Gasteiger partial charge on any atom is 0.184 e. The summed E-state index contributed by atoms with van der Waals surface area (Å²) in [5.74, 6) is 0. The van der Waals surface area contributed by atoms with Gasteiger partial charge in [0.25, 0.3) is 0 Å². The summed E-state index contributed by atoms with van der Waals surface area (Å²) < 4.78 is 9.47. The van der Waals surface area contributed by atoms with Crippen LogP contribution in [0.5, 0.6) is 0 Å². The summed E-state index contributed by atoms with van der Waals surface area (Å²) in [6, 6.07) is 0. The van der Waals surface area contributed by atoms with E-state index in [1.807, 2.05) is 0 Å². The molecule has 0 radical (unpaired) electrons. The number of aliphatic hydroxyl groups excluding tert-OH is 5. The molecule has 1 rings (SSSR count). The van der Waals surface area contributed by atoms with Gasteiger partial charge in [0.2, 0.25) is 0 Å². The molecule has 0 saturated carbocycles. The maximum absolute atomic E-state index is 9.12. The van der Waals surface area contributed by atoms with E-state index >= 15 is 0 Å². The Bertz CT molecular complexity index is 246. The lowest BCUT2D eigenvalue weighted by molar-refractivity contribution is -0.286. The van der Waals surface area contributed by atoms with Gasteiger partial charge in [0.1, 0.15) is 24.4 Å². The van der Waals surface area contributed by atoms with Crippen LogP contribution in [0.3, 0.4) is 0 Å². The second kappa shape index (κ2) is 10.0. The van der Waals surface area contributed by atoms with Crippen molar-refractivity contribution in [1.29, 1.82) is 0 Å². The largest absolute Gasteiger partial charge is 0.394 e. The van der Waals surface area contributed by atoms with E-state index in [4.69, 9.17) is 30.3 Å². The van der Waals surface area contributed by atoms with Crippen LogP contribution in [0, 0.1) is 0 Å². The van der Waals surface area contributed by atoms with E-state index in [-0.39, 0.29) is 0 Å². The topological polar surface area (TPSA) is 120 Å². The Labute approximate surface area is 112 Å². The molecule has 19 heavy (non-hydrogen) atoms. The molecule has 0 aromatic heterocycles. The van der Waals surface area contributed by atoms with Gasteiger partial charge >= 0.3 is 0 Å². The van der Waals surface area contributed by atoms with Gasteiger partial charge < -0.3 is 35.0 Å². The van der Waals surface area contributed by atoms with E-state index < -0.39 is 37.3 Å². The smallest absolute Gasteiger partial charge is 0.184 e. The van der Waals surface area contributed by atoms with E-state index in [1.54, 1.807) is 12.2 Å². The summed E-state index contributed by atoms with van der Waals surface area (Å²) >= 11 is 0. The average Bonchev–Trinajstić information content (AvgIpc) is 2.42. The lowest BCUT2D eigenvalue weighted by Gasteiger charge is -2.37. The third-order valence-electron chi connectivity index (χ3n) is 2.34. The lowest BCUT2D eigenvalue weighted by atomic mass is 10.00. The van der Waals surface area contributed by atoms with Crippen LogP contribution in [0.4, 0.5) is 0 Å². The maximum atomic E-state index is 9.12. The molecule has 1 fully saturated rings. The van der Waals surface area contributed by atoms with Crippen LogP contribution in [0.1, 0.15) is 0 Å². The molecule has 1 saturated heterocycles. The summed E-state index contributed by atoms with van der Waals surface area (Å²) in [4.78, 5) is 0. The minimum Gasteiger partial charge on any atom is -0.394 e. The van der Waals surface area contributed by atoms with Crippen LogP contribution in [0.25, 0.3) is 0 Å². The quantitative estimate of drug-likeness (QED) is 0.296. The van der Waals surface area contributed by atoms with Gasteiger partial charge in [0.15, 0.2) is 6.29 Å². The first-order valence-corrected chi connectivity index (χ1v) is 5.77. The van der Waals surface area contributed by atoms with Gasteiger partial charge in [-0.05, 0) is 0 Å². The van der Waals surface area contributed by atoms with Gasteiger partial charge in [0, 0.05) is 0 Å². The van der Waals surface area contributed by atoms with Gasteiger partial charge in [-0.15, -0.1) is 13.2 Å². The fraction of sp³-hybridized carbons (Fsp3) is 0.667. The number of rotatable bonds is 5. The first kappa shape index (κ1) is 18.2. The number of hydrogen-bond donors (Lipinski definition) is 5. The molecule has 7 heteroatoms. The van der Waals surface area contributed by atoms with Crippen LogP contribution >= 0.6 is 0 Å². The second-order valence-electron chi connectivity index (χ2n) is 3.83. The molecule has 1 heterocycles. The Morgan fingerprint density at radius 3 is 1.89 bits per heavy atom. The molecule has 0 bridgehead atoms. The first-order valence-electron chi connectivity index (χ1n) is 5.77. The molecule has 1 aliphatic heterocycles. The number of ether oxygens (including phenoxy) is 2. The highest BCUT2D eigenvalue weighted by Gasteiger charge is 2.42. The van der Waals surface area contributed by atoms with Crippen molar-refractivity contribution in [1.82, 2.24) is 0 Å². The van der Waals surface area contributed by atoms with Crippen molar-refractivity contribution in [2.24, 2.45) is 0 Å². The van der Waals surface area contributed by atoms with Crippen molar-refractivity contribution < 1.29 is 35.0 Å². The Morgan fingerprint density at radius 1 is 0.947 bits per heavy atom. The molecule has 0 spiro atoms. The molecule has 1 aliphatic rings. The predicted octanol–water partition coefficient (Wildman–Crippen LogP) is -1.85. The van der Waals surface area contributed by atoms with Crippen LogP contribution in [0.15, 0.2) is 25.3 Å². The average molecular weight is 278 g/mol. The molecule has 0 amide bonds. The lowest BCUT2D eigenvalue weighted by Crippen LogP contribution is -2.58. The highest BCUT2D eigenvalue weighted by atomic mass is 16.6. The van der Waals surface area contributed by atoms with E-state index in [0.717, 1.165) is 0 Å². The molecule has 5 atom stereocenters. The molecule has 7 nitrogen and oxygen atoms in total. The van der Waals surface area contributed by atoms with E-state index in [0.29, 0.717) is 13.2 Å². The minimum absolute atomic E-state index is 0.526. The molecule has 5 N–H and O–H groups in total. The summed E-state index contributed by atoms with van der Waals surface area (Å²) in [5.41, 5.74) is 0. The zero-order valence-electron chi connectivity index (χ0n) is 10.6. The van der Waals surface area contributed by atoms with Crippen LogP contribution in [-0.4, -0.2) is 76.1 Å². The third-order valence-corrected chi connectivity index (χ3v) is 2.34. The van der Waals surface area contributed by atoms with Crippen molar-refractivity contribution in [2.75, 3.05) is 19.8 Å². The summed E-state index contributed by atoms with van der Waals surface area (Å²) in [6.45, 7) is 7.65. The molecule has 0 aliphatic carbocycles. The normalized spacial score (nSPS) is 34.1. The molecule has 112 valence electrons. The van der Waals surface area contributed by atoms with E-state index in [9.17, 15) is 0 Å². The van der Waals surface area contributed by atoms with Crippen molar-refractivity contribution >= 4 is 0 Å². The molecular weight excluding hydrogens is 256 g/mol. The fourth-order valence-electron chi connectivity index (χ4n) is 1.32. The van der Waals surface area contributed by atoms with Crippen LogP contribution in [-0.2, 0) is 9.47 Å².